The van der Waals surface area contributed by atoms with Crippen LogP contribution in [0.1, 0.15) is 16.7 Å². The summed E-state index contributed by atoms with van der Waals surface area (Å²) in [4.78, 5) is 8.18. The Bertz CT molecular complexity index is 969. The highest BCUT2D eigenvalue weighted by Crippen LogP contribution is 2.19. The third-order valence-electron chi connectivity index (χ3n) is 4.60. The fraction of sp³-hybridized carbons (Fsp3) is 0.273. The number of nitrogens with zero attached hydrogens (tertiary/aromatic N) is 3. The molecule has 0 spiro atoms. The molecule has 0 aliphatic carbocycles. The number of aliphatic imine (C=N–C) groups is 1. The number of aryl methyl sites for hydroxylation is 1. The molecule has 0 aliphatic rings. The van der Waals surface area contributed by atoms with Crippen molar-refractivity contribution in [2.75, 3.05) is 20.7 Å². The fourth-order valence-corrected chi connectivity index (χ4v) is 3.10. The first-order valence-electron chi connectivity index (χ1n) is 9.45. The van der Waals surface area contributed by atoms with Crippen LogP contribution < -0.4 is 15.4 Å². The number of aromatic nitrogens is 2. The highest BCUT2D eigenvalue weighted by molar-refractivity contribution is 5.79. The summed E-state index contributed by atoms with van der Waals surface area (Å²) in [6, 6.07) is 11.3. The Morgan fingerprint density at radius 3 is 2.76 bits per heavy atom. The molecule has 0 atom stereocenters. The molecular weight excluding hydrogens is 369 g/mol. The molecule has 152 valence electrons. The second-order valence-corrected chi connectivity index (χ2v) is 6.67. The molecule has 0 unspecified atom stereocenters. The minimum Gasteiger partial charge on any atom is -0.496 e. The van der Waals surface area contributed by atoms with Crippen molar-refractivity contribution in [3.63, 3.8) is 0 Å². The molecule has 0 fully saturated rings. The number of nitrogens with one attached hydrogen (secondary N) is 2. The third kappa shape index (κ3) is 5.34. The predicted molar refractivity (Wildman–Crippen MR) is 113 cm³/mol. The first-order chi connectivity index (χ1) is 14.1. The van der Waals surface area contributed by atoms with E-state index < -0.39 is 0 Å². The molecule has 0 saturated carbocycles. The number of imidazole rings is 1. The Morgan fingerprint density at radius 1 is 1.21 bits per heavy atom. The van der Waals surface area contributed by atoms with Crippen molar-refractivity contribution in [2.45, 2.75) is 19.9 Å². The van der Waals surface area contributed by atoms with E-state index in [0.29, 0.717) is 24.7 Å². The first-order valence-corrected chi connectivity index (χ1v) is 9.45. The molecule has 6 nitrogen and oxygen atoms in total. The van der Waals surface area contributed by atoms with Crippen molar-refractivity contribution in [1.82, 2.24) is 20.2 Å². The van der Waals surface area contributed by atoms with E-state index in [-0.39, 0.29) is 5.82 Å². The standard InChI is InChI=1S/C22H26FN5O/c1-16-4-7-21(29-3)18(12-16)8-9-26-22(24-2)27-14-17-5-6-20(19(23)13-17)28-11-10-25-15-28/h4-7,10-13,15H,8-9,14H2,1-3H3,(H2,24,26,27). The van der Waals surface area contributed by atoms with E-state index in [2.05, 4.69) is 33.6 Å². The summed E-state index contributed by atoms with van der Waals surface area (Å²) in [6.45, 7) is 3.23. The second kappa shape index (κ2) is 9.73. The molecule has 1 aromatic heterocycles. The SMILES string of the molecule is CN=C(NCCc1cc(C)ccc1OC)NCc1ccc(-n2ccnc2)c(F)c1. The van der Waals surface area contributed by atoms with E-state index in [1.165, 1.54) is 11.6 Å². The molecule has 0 bridgehead atoms. The van der Waals surface area contributed by atoms with Crippen LogP contribution in [0.5, 0.6) is 5.75 Å². The van der Waals surface area contributed by atoms with E-state index >= 15 is 0 Å². The maximum Gasteiger partial charge on any atom is 0.191 e. The topological polar surface area (TPSA) is 63.5 Å². The summed E-state index contributed by atoms with van der Waals surface area (Å²) in [5.41, 5.74) is 3.65. The maximum absolute atomic E-state index is 14.4. The Hall–Kier alpha value is -3.35. The van der Waals surface area contributed by atoms with Crippen LogP contribution in [0, 0.1) is 12.7 Å². The van der Waals surface area contributed by atoms with Gasteiger partial charge in [0.1, 0.15) is 11.6 Å². The minimum atomic E-state index is -0.295. The lowest BCUT2D eigenvalue weighted by Gasteiger charge is -2.14. The van der Waals surface area contributed by atoms with Gasteiger partial charge in [-0.05, 0) is 42.7 Å². The Balaban J connectivity index is 1.53. The van der Waals surface area contributed by atoms with Gasteiger partial charge in [-0.3, -0.25) is 4.99 Å². The van der Waals surface area contributed by atoms with Crippen LogP contribution >= 0.6 is 0 Å². The molecule has 29 heavy (non-hydrogen) atoms. The molecule has 7 heteroatoms. The lowest BCUT2D eigenvalue weighted by molar-refractivity contribution is 0.409. The van der Waals surface area contributed by atoms with Crippen molar-refractivity contribution in [2.24, 2.45) is 4.99 Å². The monoisotopic (exact) mass is 395 g/mol. The summed E-state index contributed by atoms with van der Waals surface area (Å²) in [6.07, 6.45) is 5.72. The van der Waals surface area contributed by atoms with Crippen molar-refractivity contribution in [3.8, 4) is 11.4 Å². The number of hydrogen-bond acceptors (Lipinski definition) is 3. The number of halogens is 1. The van der Waals surface area contributed by atoms with Gasteiger partial charge in [-0.25, -0.2) is 9.37 Å². The molecular formula is C22H26FN5O. The predicted octanol–water partition coefficient (Wildman–Crippen LogP) is 3.24. The highest BCUT2D eigenvalue weighted by Gasteiger charge is 2.07. The highest BCUT2D eigenvalue weighted by atomic mass is 19.1. The van der Waals surface area contributed by atoms with Crippen LogP contribution in [-0.4, -0.2) is 36.2 Å². The normalized spacial score (nSPS) is 11.4. The van der Waals surface area contributed by atoms with Crippen molar-refractivity contribution >= 4 is 5.96 Å². The summed E-state index contributed by atoms with van der Waals surface area (Å²) in [5, 5.41) is 6.50. The number of ether oxygens (including phenoxy) is 1. The minimum absolute atomic E-state index is 0.295. The number of rotatable bonds is 7. The van der Waals surface area contributed by atoms with E-state index in [1.807, 2.05) is 18.2 Å². The lowest BCUT2D eigenvalue weighted by atomic mass is 10.1. The van der Waals surface area contributed by atoms with Gasteiger partial charge in [0, 0.05) is 32.5 Å². The Kier molecular flexibility index (Phi) is 6.84. The average Bonchev–Trinajstić information content (AvgIpc) is 3.25. The van der Waals surface area contributed by atoms with Crippen LogP contribution in [0.3, 0.4) is 0 Å². The Labute approximate surface area is 170 Å². The van der Waals surface area contributed by atoms with Crippen LogP contribution in [0.15, 0.2) is 60.1 Å². The van der Waals surface area contributed by atoms with E-state index in [4.69, 9.17) is 4.74 Å². The zero-order valence-electron chi connectivity index (χ0n) is 16.9. The quantitative estimate of drug-likeness (QED) is 0.476. The summed E-state index contributed by atoms with van der Waals surface area (Å²) >= 11 is 0. The number of benzene rings is 2. The molecule has 1 heterocycles. The zero-order chi connectivity index (χ0) is 20.6. The summed E-state index contributed by atoms with van der Waals surface area (Å²) in [5.74, 6) is 1.25. The molecule has 2 N–H and O–H groups in total. The first kappa shape index (κ1) is 20.4. The Morgan fingerprint density at radius 2 is 2.07 bits per heavy atom. The third-order valence-corrected chi connectivity index (χ3v) is 4.60. The van der Waals surface area contributed by atoms with Crippen LogP contribution in [0.25, 0.3) is 5.69 Å². The summed E-state index contributed by atoms with van der Waals surface area (Å²) < 4.78 is 21.4. The molecule has 3 aromatic rings. The number of guanidine groups is 1. The summed E-state index contributed by atoms with van der Waals surface area (Å²) in [7, 11) is 3.39. The fourth-order valence-electron chi connectivity index (χ4n) is 3.10. The van der Waals surface area contributed by atoms with E-state index in [0.717, 1.165) is 23.3 Å². The van der Waals surface area contributed by atoms with Crippen molar-refractivity contribution in [1.29, 1.82) is 0 Å². The maximum atomic E-state index is 14.4. The van der Waals surface area contributed by atoms with E-state index in [1.54, 1.807) is 43.5 Å². The van der Waals surface area contributed by atoms with Crippen LogP contribution in [-0.2, 0) is 13.0 Å². The largest absolute Gasteiger partial charge is 0.496 e. The van der Waals surface area contributed by atoms with Gasteiger partial charge in [0.05, 0.1) is 19.1 Å². The van der Waals surface area contributed by atoms with Gasteiger partial charge >= 0.3 is 0 Å². The van der Waals surface area contributed by atoms with Crippen molar-refractivity contribution in [3.05, 3.63) is 77.6 Å². The smallest absolute Gasteiger partial charge is 0.191 e. The van der Waals surface area contributed by atoms with Crippen LogP contribution in [0.2, 0.25) is 0 Å². The second-order valence-electron chi connectivity index (χ2n) is 6.67. The van der Waals surface area contributed by atoms with Gasteiger partial charge in [-0.2, -0.15) is 0 Å². The van der Waals surface area contributed by atoms with Gasteiger partial charge in [0.15, 0.2) is 5.96 Å². The van der Waals surface area contributed by atoms with Gasteiger partial charge in [0.25, 0.3) is 0 Å². The van der Waals surface area contributed by atoms with Gasteiger partial charge in [0.2, 0.25) is 0 Å². The molecule has 0 aliphatic heterocycles. The molecule has 2 aromatic carbocycles. The molecule has 0 radical (unpaired) electrons. The van der Waals surface area contributed by atoms with Crippen molar-refractivity contribution < 1.29 is 9.13 Å². The lowest BCUT2D eigenvalue weighted by Crippen LogP contribution is -2.37. The van der Waals surface area contributed by atoms with Crippen LogP contribution in [0.4, 0.5) is 4.39 Å². The molecule has 3 rings (SSSR count). The van der Waals surface area contributed by atoms with Gasteiger partial charge in [-0.1, -0.05) is 23.8 Å². The molecule has 0 saturated heterocycles. The van der Waals surface area contributed by atoms with Gasteiger partial charge < -0.3 is 19.9 Å². The molecule has 0 amide bonds. The average molecular weight is 395 g/mol. The zero-order valence-corrected chi connectivity index (χ0v) is 16.9. The van der Waals surface area contributed by atoms with E-state index in [9.17, 15) is 4.39 Å². The number of hydrogen-bond donors (Lipinski definition) is 2. The van der Waals surface area contributed by atoms with Gasteiger partial charge in [-0.15, -0.1) is 0 Å². The number of methoxy groups -OCH3 is 1.